The highest BCUT2D eigenvalue weighted by atomic mass is 16.3. The molecule has 1 fully saturated rings. The number of primary amides is 1. The molecule has 0 heterocycles. The quantitative estimate of drug-likeness (QED) is 0.0956. The highest BCUT2D eigenvalue weighted by molar-refractivity contribution is 6.05. The zero-order valence-electron chi connectivity index (χ0n) is 35.4. The van der Waals surface area contributed by atoms with Crippen LogP contribution in [0.4, 0.5) is 0 Å². The maximum absolute atomic E-state index is 16.6. The fourth-order valence-electron chi connectivity index (χ4n) is 9.37. The Labute approximate surface area is 355 Å². The molecule has 0 radical (unpaired) electrons. The van der Waals surface area contributed by atoms with Crippen molar-refractivity contribution in [3.8, 4) is 0 Å². The van der Waals surface area contributed by atoms with E-state index in [0.29, 0.717) is 35.1 Å². The van der Waals surface area contributed by atoms with Crippen molar-refractivity contribution >= 4 is 11.8 Å². The molecule has 0 aliphatic heterocycles. The number of nitrogens with two attached hydrogens (primary N) is 1. The number of hydrogen-bond acceptors (Lipinski definition) is 4. The number of aryl methyl sites for hydroxylation is 4. The Hall–Kier alpha value is -5.82. The highest BCUT2D eigenvalue weighted by Gasteiger charge is 2.58. The van der Waals surface area contributed by atoms with Gasteiger partial charge in [-0.05, 0) is 86.8 Å². The van der Waals surface area contributed by atoms with E-state index in [0.717, 1.165) is 39.8 Å². The molecule has 6 aromatic carbocycles. The number of rotatable bonds is 14. The summed E-state index contributed by atoms with van der Waals surface area (Å²) in [5.41, 5.74) is 9.31. The summed E-state index contributed by atoms with van der Waals surface area (Å²) in [4.78, 5) is 32.5. The van der Waals surface area contributed by atoms with E-state index >= 15 is 4.79 Å². The molecule has 1 aliphatic rings. The van der Waals surface area contributed by atoms with Crippen molar-refractivity contribution in [1.82, 2.24) is 4.90 Å². The Morgan fingerprint density at radius 1 is 0.517 bits per heavy atom. The summed E-state index contributed by atoms with van der Waals surface area (Å²) in [5, 5.41) is 28.4. The minimum atomic E-state index is -1.86. The molecule has 6 aromatic rings. The molecule has 4 N–H and O–H groups in total. The molecule has 308 valence electrons. The van der Waals surface area contributed by atoms with Gasteiger partial charge in [0.15, 0.2) is 0 Å². The van der Waals surface area contributed by atoms with E-state index in [1.54, 1.807) is 4.90 Å². The van der Waals surface area contributed by atoms with Gasteiger partial charge in [0.05, 0.1) is 12.1 Å². The minimum absolute atomic E-state index is 0.183. The number of carbonyl (C=O) groups is 2. The minimum Gasteiger partial charge on any atom is -0.378 e. The van der Waals surface area contributed by atoms with Crippen LogP contribution in [0.25, 0.3) is 0 Å². The van der Waals surface area contributed by atoms with Crippen LogP contribution in [-0.2, 0) is 33.6 Å². The summed E-state index contributed by atoms with van der Waals surface area (Å²) >= 11 is 0. The summed E-state index contributed by atoms with van der Waals surface area (Å²) in [7, 11) is 0. The monoisotopic (exact) mass is 798 g/mol. The fraction of sp³-hybridized carbons (Fsp3) is 0.296. The number of aliphatic hydroxyl groups is 2. The van der Waals surface area contributed by atoms with Crippen molar-refractivity contribution < 1.29 is 19.8 Å². The van der Waals surface area contributed by atoms with E-state index in [1.807, 2.05) is 185 Å². The van der Waals surface area contributed by atoms with Gasteiger partial charge in [-0.2, -0.15) is 0 Å². The first kappa shape index (κ1) is 42.3. The smallest absolute Gasteiger partial charge is 0.239 e. The van der Waals surface area contributed by atoms with Gasteiger partial charge in [-0.15, -0.1) is 0 Å². The summed E-state index contributed by atoms with van der Waals surface area (Å²) in [6.45, 7) is 8.02. The molecule has 2 atom stereocenters. The van der Waals surface area contributed by atoms with Crippen LogP contribution in [0.2, 0.25) is 0 Å². The zero-order valence-corrected chi connectivity index (χ0v) is 35.4. The number of hydrogen-bond donors (Lipinski definition) is 3. The predicted octanol–water partition coefficient (Wildman–Crippen LogP) is 9.58. The Morgan fingerprint density at radius 3 is 1.10 bits per heavy atom. The summed E-state index contributed by atoms with van der Waals surface area (Å²) in [6.07, 6.45) is 3.08. The zero-order chi connectivity index (χ0) is 42.5. The molecule has 2 amide bonds. The maximum Gasteiger partial charge on any atom is 0.239 e. The Kier molecular flexibility index (Phi) is 12.6. The van der Waals surface area contributed by atoms with Crippen LogP contribution in [0, 0.1) is 33.1 Å². The van der Waals surface area contributed by atoms with Crippen molar-refractivity contribution in [1.29, 1.82) is 0 Å². The van der Waals surface area contributed by atoms with Crippen molar-refractivity contribution in [2.24, 2.45) is 11.1 Å². The van der Waals surface area contributed by atoms with Gasteiger partial charge in [0.1, 0.15) is 16.6 Å². The van der Waals surface area contributed by atoms with E-state index in [4.69, 9.17) is 5.73 Å². The van der Waals surface area contributed by atoms with Gasteiger partial charge in [-0.1, -0.05) is 199 Å². The number of benzene rings is 6. The first-order chi connectivity index (χ1) is 28.9. The maximum atomic E-state index is 16.6. The lowest BCUT2D eigenvalue weighted by Gasteiger charge is -2.53. The highest BCUT2D eigenvalue weighted by Crippen LogP contribution is 2.48. The molecule has 7 rings (SSSR count). The summed E-state index contributed by atoms with van der Waals surface area (Å²) < 4.78 is 0. The van der Waals surface area contributed by atoms with E-state index < -0.39 is 40.5 Å². The van der Waals surface area contributed by atoms with Crippen LogP contribution in [0.1, 0.15) is 87.7 Å². The topological polar surface area (TPSA) is 104 Å². The summed E-state index contributed by atoms with van der Waals surface area (Å²) in [5.74, 6) is -1.16. The van der Waals surface area contributed by atoms with E-state index in [1.165, 1.54) is 0 Å². The van der Waals surface area contributed by atoms with Gasteiger partial charge in [0.25, 0.3) is 0 Å². The lowest BCUT2D eigenvalue weighted by molar-refractivity contribution is -0.169. The average molecular weight is 799 g/mol. The molecule has 2 unspecified atom stereocenters. The second-order valence-corrected chi connectivity index (χ2v) is 17.1. The third-order valence-electron chi connectivity index (χ3n) is 13.0. The van der Waals surface area contributed by atoms with Crippen molar-refractivity contribution in [3.63, 3.8) is 0 Å². The SMILES string of the molecule is Cc1ccc(C(O)(c2ccc(C)cc2)C(Cc2ccccc2)N(C(=O)C2(C(N)=O)CCCCC2)C(Cc2ccccc2)C(O)(c2ccc(C)cc2)c2ccc(C)cc2)cc1. The van der Waals surface area contributed by atoms with Crippen LogP contribution < -0.4 is 5.73 Å². The Balaban J connectivity index is 1.64. The normalized spacial score (nSPS) is 15.2. The van der Waals surface area contributed by atoms with Crippen LogP contribution in [0.3, 0.4) is 0 Å². The molecule has 6 heteroatoms. The Morgan fingerprint density at radius 2 is 0.817 bits per heavy atom. The molecule has 1 aliphatic carbocycles. The summed E-state index contributed by atoms with van der Waals surface area (Å²) in [6, 6.07) is 48.8. The molecule has 6 nitrogen and oxygen atoms in total. The van der Waals surface area contributed by atoms with Gasteiger partial charge in [0.2, 0.25) is 11.8 Å². The van der Waals surface area contributed by atoms with Crippen molar-refractivity contribution in [3.05, 3.63) is 213 Å². The van der Waals surface area contributed by atoms with Gasteiger partial charge in [-0.3, -0.25) is 9.59 Å². The third-order valence-corrected chi connectivity index (χ3v) is 13.0. The second-order valence-electron chi connectivity index (χ2n) is 17.1. The first-order valence-corrected chi connectivity index (χ1v) is 21.3. The van der Waals surface area contributed by atoms with E-state index in [9.17, 15) is 15.0 Å². The standard InChI is InChI=1S/C54H58N2O4/c1-38-18-26-44(27-19-38)53(59,45-28-20-39(2)21-29-45)48(36-42-14-8-5-9-15-42)56(51(58)52(50(55)57)34-12-7-13-35-52)49(37-43-16-10-6-11-17-43)54(60,46-30-22-40(3)23-31-46)47-32-24-41(4)25-33-47/h5-6,8-11,14-33,48-49,59-60H,7,12-13,34-37H2,1-4H3,(H2,55,57). The number of nitrogens with zero attached hydrogens (tertiary/aromatic N) is 1. The molecular weight excluding hydrogens is 741 g/mol. The van der Waals surface area contributed by atoms with Gasteiger partial charge < -0.3 is 20.8 Å². The first-order valence-electron chi connectivity index (χ1n) is 21.3. The second kappa shape index (κ2) is 17.8. The van der Waals surface area contributed by atoms with Crippen LogP contribution in [-0.4, -0.2) is 39.0 Å². The molecule has 0 spiro atoms. The third kappa shape index (κ3) is 8.32. The van der Waals surface area contributed by atoms with Crippen LogP contribution in [0.5, 0.6) is 0 Å². The number of amides is 2. The lowest BCUT2D eigenvalue weighted by Crippen LogP contribution is -2.67. The van der Waals surface area contributed by atoms with Crippen molar-refractivity contribution in [2.45, 2.75) is 95.9 Å². The molecular formula is C54H58N2O4. The Bertz CT molecular complexity index is 2110. The molecule has 60 heavy (non-hydrogen) atoms. The van der Waals surface area contributed by atoms with E-state index in [2.05, 4.69) is 0 Å². The van der Waals surface area contributed by atoms with E-state index in [-0.39, 0.29) is 25.7 Å². The predicted molar refractivity (Wildman–Crippen MR) is 240 cm³/mol. The largest absolute Gasteiger partial charge is 0.378 e. The van der Waals surface area contributed by atoms with Crippen LogP contribution in [0.15, 0.2) is 158 Å². The average Bonchev–Trinajstić information content (AvgIpc) is 3.27. The number of carbonyl (C=O) groups excluding carboxylic acids is 2. The van der Waals surface area contributed by atoms with Gasteiger partial charge in [0, 0.05) is 0 Å². The van der Waals surface area contributed by atoms with Crippen LogP contribution >= 0.6 is 0 Å². The fourth-order valence-corrected chi connectivity index (χ4v) is 9.37. The van der Waals surface area contributed by atoms with Crippen molar-refractivity contribution in [2.75, 3.05) is 0 Å². The van der Waals surface area contributed by atoms with Gasteiger partial charge in [-0.25, -0.2) is 0 Å². The molecule has 0 bridgehead atoms. The molecule has 0 saturated heterocycles. The molecule has 1 saturated carbocycles. The molecule has 0 aromatic heterocycles. The lowest BCUT2D eigenvalue weighted by atomic mass is 9.68. The van der Waals surface area contributed by atoms with Gasteiger partial charge >= 0.3 is 0 Å².